The highest BCUT2D eigenvalue weighted by Gasteiger charge is 2.23. The summed E-state index contributed by atoms with van der Waals surface area (Å²) in [6, 6.07) is 0. The van der Waals surface area contributed by atoms with Gasteiger partial charge in [0.05, 0.1) is 11.0 Å². The first-order chi connectivity index (χ1) is 8.63. The Kier molecular flexibility index (Phi) is 8.47. The maximum atomic E-state index is 11.6. The van der Waals surface area contributed by atoms with E-state index >= 15 is 0 Å². The molecule has 18 heavy (non-hydrogen) atoms. The number of carbonyl (C=O) groups is 2. The van der Waals surface area contributed by atoms with E-state index in [9.17, 15) is 9.59 Å². The minimum absolute atomic E-state index is 0.0313. The fraction of sp³-hybridized carbons (Fsp3) is 0.818. The van der Waals surface area contributed by atoms with Gasteiger partial charge in [-0.05, 0) is 47.8 Å². The Hall–Kier alpha value is 0.360. The van der Waals surface area contributed by atoms with Gasteiger partial charge < -0.3 is 15.4 Å². The van der Waals surface area contributed by atoms with Crippen molar-refractivity contribution in [1.29, 1.82) is 0 Å². The molecule has 1 aliphatic rings. The van der Waals surface area contributed by atoms with Gasteiger partial charge in [-0.25, -0.2) is 0 Å². The van der Waals surface area contributed by atoms with Crippen LogP contribution in [-0.2, 0) is 14.3 Å². The first-order valence-corrected chi connectivity index (χ1v) is 8.76. The van der Waals surface area contributed by atoms with E-state index in [2.05, 4.69) is 10.6 Å². The van der Waals surface area contributed by atoms with Gasteiger partial charge in [-0.1, -0.05) is 22.6 Å². The lowest BCUT2D eigenvalue weighted by atomic mass is 10.4. The van der Waals surface area contributed by atoms with Gasteiger partial charge in [0.1, 0.15) is 0 Å². The first-order valence-electron chi connectivity index (χ1n) is 5.99. The van der Waals surface area contributed by atoms with E-state index in [1.165, 1.54) is 12.8 Å². The summed E-state index contributed by atoms with van der Waals surface area (Å²) in [5, 5.41) is 5.62. The molecule has 0 saturated heterocycles. The molecule has 1 saturated carbocycles. The average Bonchev–Trinajstić information content (AvgIpc) is 3.18. The van der Waals surface area contributed by atoms with Crippen molar-refractivity contribution in [2.75, 3.05) is 24.1 Å². The quantitative estimate of drug-likeness (QED) is 0.297. The number of hydrogen-bond donors (Lipinski definition) is 2. The molecule has 0 radical (unpaired) electrons. The highest BCUT2D eigenvalue weighted by molar-refractivity contribution is 14.1. The summed E-state index contributed by atoms with van der Waals surface area (Å²) in [7, 11) is 0. The van der Waals surface area contributed by atoms with E-state index in [0.29, 0.717) is 23.5 Å². The molecular weight excluding hydrogens is 462 g/mol. The van der Waals surface area contributed by atoms with Gasteiger partial charge in [0.15, 0.2) is 4.11 Å². The van der Waals surface area contributed by atoms with Crippen LogP contribution in [0.4, 0.5) is 0 Å². The maximum Gasteiger partial charge on any atom is 0.259 e. The third-order valence-corrected chi connectivity index (χ3v) is 4.11. The summed E-state index contributed by atoms with van der Waals surface area (Å²) in [4.78, 5) is 22.5. The van der Waals surface area contributed by atoms with Crippen LogP contribution >= 0.6 is 45.2 Å². The fourth-order valence-electron chi connectivity index (χ4n) is 1.26. The molecule has 0 spiro atoms. The molecule has 0 aliphatic heterocycles. The van der Waals surface area contributed by atoms with Gasteiger partial charge in [0.2, 0.25) is 5.91 Å². The van der Waals surface area contributed by atoms with Crippen molar-refractivity contribution < 1.29 is 14.3 Å². The number of amides is 2. The Morgan fingerprint density at radius 3 is 2.67 bits per heavy atom. The minimum Gasteiger partial charge on any atom is -0.358 e. The van der Waals surface area contributed by atoms with Crippen LogP contribution in [0.5, 0.6) is 0 Å². The van der Waals surface area contributed by atoms with Crippen LogP contribution in [0.3, 0.4) is 0 Å². The summed E-state index contributed by atoms with van der Waals surface area (Å²) in [6.07, 6.45) is 3.17. The molecule has 7 heteroatoms. The van der Waals surface area contributed by atoms with Crippen molar-refractivity contribution in [3.05, 3.63) is 0 Å². The van der Waals surface area contributed by atoms with Gasteiger partial charge in [0.25, 0.3) is 5.91 Å². The Morgan fingerprint density at radius 1 is 1.33 bits per heavy atom. The van der Waals surface area contributed by atoms with Crippen molar-refractivity contribution in [3.8, 4) is 0 Å². The maximum absolute atomic E-state index is 11.6. The fourth-order valence-corrected chi connectivity index (χ4v) is 2.00. The molecule has 0 bridgehead atoms. The number of ether oxygens (including phenoxy) is 1. The van der Waals surface area contributed by atoms with E-state index in [-0.39, 0.29) is 11.8 Å². The zero-order valence-corrected chi connectivity index (χ0v) is 14.4. The third-order valence-electron chi connectivity index (χ3n) is 2.50. The van der Waals surface area contributed by atoms with E-state index in [0.717, 1.165) is 13.0 Å². The van der Waals surface area contributed by atoms with Crippen molar-refractivity contribution >= 4 is 57.0 Å². The topological polar surface area (TPSA) is 67.4 Å². The van der Waals surface area contributed by atoms with E-state index < -0.39 is 4.11 Å². The molecule has 0 aromatic carbocycles. The largest absolute Gasteiger partial charge is 0.358 e. The predicted octanol–water partition coefficient (Wildman–Crippen LogP) is 1.23. The molecular formula is C11H18I2N2O3. The smallest absolute Gasteiger partial charge is 0.259 e. The SMILES string of the molecule is O=C(CI)NCCCOC(I)C(=O)NCC1CC1. The summed E-state index contributed by atoms with van der Waals surface area (Å²) in [5.41, 5.74) is 0. The van der Waals surface area contributed by atoms with Gasteiger partial charge in [-0.2, -0.15) is 0 Å². The molecule has 0 aromatic heterocycles. The van der Waals surface area contributed by atoms with Gasteiger partial charge in [0, 0.05) is 13.1 Å². The second-order valence-corrected chi connectivity index (χ2v) is 6.11. The highest BCUT2D eigenvalue weighted by atomic mass is 127. The molecule has 0 aromatic rings. The van der Waals surface area contributed by atoms with Crippen molar-refractivity contribution in [2.24, 2.45) is 5.92 Å². The van der Waals surface area contributed by atoms with E-state index in [1.54, 1.807) is 0 Å². The van der Waals surface area contributed by atoms with Crippen LogP contribution in [0.15, 0.2) is 0 Å². The lowest BCUT2D eigenvalue weighted by molar-refractivity contribution is -0.127. The molecule has 1 unspecified atom stereocenters. The van der Waals surface area contributed by atoms with E-state index in [4.69, 9.17) is 4.74 Å². The lowest BCUT2D eigenvalue weighted by Gasteiger charge is -2.11. The van der Waals surface area contributed by atoms with Crippen LogP contribution in [0, 0.1) is 5.92 Å². The zero-order valence-electron chi connectivity index (χ0n) is 10.1. The van der Waals surface area contributed by atoms with E-state index in [1.807, 2.05) is 45.2 Å². The summed E-state index contributed by atoms with van der Waals surface area (Å²) < 4.78 is 5.42. The number of halogens is 2. The molecule has 0 heterocycles. The molecule has 2 N–H and O–H groups in total. The van der Waals surface area contributed by atoms with Crippen molar-refractivity contribution in [3.63, 3.8) is 0 Å². The third kappa shape index (κ3) is 7.72. The summed E-state index contributed by atoms with van der Waals surface area (Å²) >= 11 is 4.00. The normalized spacial score (nSPS) is 16.1. The number of carbonyl (C=O) groups excluding carboxylic acids is 2. The number of rotatable bonds is 9. The highest BCUT2D eigenvalue weighted by Crippen LogP contribution is 2.27. The van der Waals surface area contributed by atoms with Gasteiger partial charge in [-0.3, -0.25) is 9.59 Å². The molecule has 2 amide bonds. The molecule has 1 fully saturated rings. The zero-order chi connectivity index (χ0) is 13.4. The Morgan fingerprint density at radius 2 is 2.06 bits per heavy atom. The molecule has 104 valence electrons. The van der Waals surface area contributed by atoms with Crippen molar-refractivity contribution in [2.45, 2.75) is 23.4 Å². The minimum atomic E-state index is -0.443. The molecule has 1 aliphatic carbocycles. The van der Waals surface area contributed by atoms with Crippen molar-refractivity contribution in [1.82, 2.24) is 10.6 Å². The second kappa shape index (κ2) is 9.29. The summed E-state index contributed by atoms with van der Waals surface area (Å²) in [6.45, 7) is 1.84. The predicted molar refractivity (Wildman–Crippen MR) is 86.0 cm³/mol. The second-order valence-electron chi connectivity index (χ2n) is 4.21. The van der Waals surface area contributed by atoms with Gasteiger partial charge in [-0.15, -0.1) is 0 Å². The first kappa shape index (κ1) is 16.4. The Bertz CT molecular complexity index is 285. The van der Waals surface area contributed by atoms with Gasteiger partial charge >= 0.3 is 0 Å². The number of alkyl halides is 2. The average molecular weight is 480 g/mol. The number of nitrogens with one attached hydrogen (secondary N) is 2. The standard InChI is InChI=1S/C11H18I2N2O3/c12-6-9(16)14-4-1-5-18-10(13)11(17)15-7-8-2-3-8/h8,10H,1-7H2,(H,14,16)(H,15,17). The van der Waals surface area contributed by atoms with Crippen LogP contribution < -0.4 is 10.6 Å². The van der Waals surface area contributed by atoms with Crippen LogP contribution in [0.25, 0.3) is 0 Å². The monoisotopic (exact) mass is 480 g/mol. The van der Waals surface area contributed by atoms with Crippen LogP contribution in [0.1, 0.15) is 19.3 Å². The Balaban J connectivity index is 1.96. The van der Waals surface area contributed by atoms with Crippen LogP contribution in [-0.4, -0.2) is 40.0 Å². The summed E-state index contributed by atoms with van der Waals surface area (Å²) in [5.74, 6) is 0.656. The molecule has 1 rings (SSSR count). The molecule has 5 nitrogen and oxygen atoms in total. The Labute approximate surface area is 134 Å². The number of hydrogen-bond acceptors (Lipinski definition) is 3. The lowest BCUT2D eigenvalue weighted by Crippen LogP contribution is -2.34. The molecule has 1 atom stereocenters. The van der Waals surface area contributed by atoms with Crippen LogP contribution in [0.2, 0.25) is 0 Å².